The molecule has 2 aliphatic heterocycles. The van der Waals surface area contributed by atoms with Gasteiger partial charge in [-0.2, -0.15) is 0 Å². The summed E-state index contributed by atoms with van der Waals surface area (Å²) in [4.78, 5) is 37.0. The van der Waals surface area contributed by atoms with Crippen molar-refractivity contribution >= 4 is 17.8 Å². The standard InChI is InChI=1S/C42H52N6O5/c1-30-38(28-47-22-24-48(25-23-47)42-44-20-7-21-45-42)52-41(53-40(30)35-13-11-32(29-49)12-14-35)36-17-15-34(16-18-36)37-9-6-8-33(26-37)27-46-39(51)10-4-3-5-19-43-31(2)50/h6-9,11-18,20-21,26,30,38,40-41,49H,3-5,10,19,22-25,27-29H2,1-2H3,(H,43,50)(H,46,51)/t30-,38+,40+,41+/m0/s1. The molecule has 0 unspecified atom stereocenters. The number of carbonyl (C=O) groups excluding carboxylic acids is 2. The fraction of sp³-hybridized carbons (Fsp3) is 0.429. The highest BCUT2D eigenvalue weighted by Crippen LogP contribution is 2.42. The topological polar surface area (TPSA) is 129 Å². The fourth-order valence-electron chi connectivity index (χ4n) is 7.00. The maximum Gasteiger partial charge on any atom is 0.225 e. The van der Waals surface area contributed by atoms with E-state index in [9.17, 15) is 14.7 Å². The number of hydrogen-bond donors (Lipinski definition) is 3. The van der Waals surface area contributed by atoms with Crippen molar-refractivity contribution in [3.8, 4) is 11.1 Å². The largest absolute Gasteiger partial charge is 0.392 e. The van der Waals surface area contributed by atoms with Gasteiger partial charge in [0.25, 0.3) is 0 Å². The minimum Gasteiger partial charge on any atom is -0.392 e. The van der Waals surface area contributed by atoms with Gasteiger partial charge in [0.2, 0.25) is 17.8 Å². The van der Waals surface area contributed by atoms with Crippen molar-refractivity contribution in [2.45, 2.75) is 71.2 Å². The van der Waals surface area contributed by atoms with Gasteiger partial charge in [-0.25, -0.2) is 9.97 Å². The first-order valence-electron chi connectivity index (χ1n) is 18.8. The third-order valence-corrected chi connectivity index (χ3v) is 10.2. The number of anilines is 1. The van der Waals surface area contributed by atoms with E-state index in [1.165, 1.54) is 6.92 Å². The van der Waals surface area contributed by atoms with Gasteiger partial charge in [-0.1, -0.05) is 80.1 Å². The molecule has 3 aromatic carbocycles. The summed E-state index contributed by atoms with van der Waals surface area (Å²) in [5.41, 5.74) is 6.07. The highest BCUT2D eigenvalue weighted by molar-refractivity contribution is 5.76. The van der Waals surface area contributed by atoms with Crippen LogP contribution < -0.4 is 15.5 Å². The summed E-state index contributed by atoms with van der Waals surface area (Å²) in [7, 11) is 0. The second-order valence-corrected chi connectivity index (χ2v) is 14.1. The van der Waals surface area contributed by atoms with Crippen LogP contribution in [0.5, 0.6) is 0 Å². The smallest absolute Gasteiger partial charge is 0.225 e. The molecule has 3 N–H and O–H groups in total. The molecule has 6 rings (SSSR count). The Balaban J connectivity index is 1.08. The van der Waals surface area contributed by atoms with E-state index in [1.807, 2.05) is 30.3 Å². The van der Waals surface area contributed by atoms with E-state index >= 15 is 0 Å². The molecule has 0 saturated carbocycles. The average Bonchev–Trinajstić information content (AvgIpc) is 3.20. The fourth-order valence-corrected chi connectivity index (χ4v) is 7.00. The van der Waals surface area contributed by atoms with Crippen molar-refractivity contribution in [3.05, 3.63) is 114 Å². The predicted molar refractivity (Wildman–Crippen MR) is 205 cm³/mol. The van der Waals surface area contributed by atoms with Crippen LogP contribution in [0.1, 0.15) is 74.2 Å². The molecular formula is C42H52N6O5. The minimum atomic E-state index is -0.543. The second-order valence-electron chi connectivity index (χ2n) is 14.1. The van der Waals surface area contributed by atoms with Gasteiger partial charge in [-0.15, -0.1) is 0 Å². The third-order valence-electron chi connectivity index (χ3n) is 10.2. The summed E-state index contributed by atoms with van der Waals surface area (Å²) < 4.78 is 13.5. The molecule has 0 radical (unpaired) electrons. The zero-order chi connectivity index (χ0) is 37.0. The van der Waals surface area contributed by atoms with E-state index < -0.39 is 6.29 Å². The molecule has 3 heterocycles. The van der Waals surface area contributed by atoms with E-state index in [1.54, 1.807) is 12.4 Å². The Labute approximate surface area is 312 Å². The van der Waals surface area contributed by atoms with Crippen LogP contribution in [0.3, 0.4) is 0 Å². The molecular weight excluding hydrogens is 668 g/mol. The number of ether oxygens (including phenoxy) is 2. The van der Waals surface area contributed by atoms with E-state index in [2.05, 4.69) is 85.9 Å². The van der Waals surface area contributed by atoms with Gasteiger partial charge in [0.1, 0.15) is 0 Å². The first kappa shape index (κ1) is 38.1. The number of amides is 2. The Morgan fingerprint density at radius 1 is 0.811 bits per heavy atom. The molecule has 2 amide bonds. The van der Waals surface area contributed by atoms with Gasteiger partial charge in [-0.05, 0) is 52.8 Å². The molecule has 53 heavy (non-hydrogen) atoms. The lowest BCUT2D eigenvalue weighted by Gasteiger charge is -2.44. The monoisotopic (exact) mass is 720 g/mol. The molecule has 280 valence electrons. The summed E-state index contributed by atoms with van der Waals surface area (Å²) in [5.74, 6) is 0.879. The summed E-state index contributed by atoms with van der Waals surface area (Å²) in [5, 5.41) is 15.5. The van der Waals surface area contributed by atoms with Crippen molar-refractivity contribution in [2.75, 3.05) is 44.2 Å². The Morgan fingerprint density at radius 3 is 2.26 bits per heavy atom. The molecule has 0 aliphatic carbocycles. The minimum absolute atomic E-state index is 0.00262. The normalized spacial score (nSPS) is 20.5. The molecule has 1 aromatic heterocycles. The summed E-state index contributed by atoms with van der Waals surface area (Å²) in [6.45, 7) is 9.12. The van der Waals surface area contributed by atoms with Gasteiger partial charge in [0, 0.05) is 83.0 Å². The Bertz CT molecular complexity index is 1750. The number of carbonyl (C=O) groups is 2. The zero-order valence-electron chi connectivity index (χ0n) is 30.8. The van der Waals surface area contributed by atoms with Gasteiger partial charge in [-0.3, -0.25) is 14.5 Å². The van der Waals surface area contributed by atoms with E-state index in [0.29, 0.717) is 19.5 Å². The van der Waals surface area contributed by atoms with Crippen LogP contribution in [-0.4, -0.2) is 77.2 Å². The lowest BCUT2D eigenvalue weighted by molar-refractivity contribution is -0.276. The third kappa shape index (κ3) is 10.7. The molecule has 2 fully saturated rings. The lowest BCUT2D eigenvalue weighted by Crippen LogP contribution is -2.51. The molecule has 0 bridgehead atoms. The van der Waals surface area contributed by atoms with E-state index in [4.69, 9.17) is 9.47 Å². The number of nitrogens with zero attached hydrogens (tertiary/aromatic N) is 4. The highest BCUT2D eigenvalue weighted by atomic mass is 16.7. The molecule has 2 aliphatic rings. The summed E-state index contributed by atoms with van der Waals surface area (Å²) in [6.07, 6.45) is 5.83. The van der Waals surface area contributed by atoms with Gasteiger partial charge < -0.3 is 30.1 Å². The predicted octanol–water partition coefficient (Wildman–Crippen LogP) is 5.56. The first-order chi connectivity index (χ1) is 25.9. The Kier molecular flexibility index (Phi) is 13.6. The number of unbranched alkanes of at least 4 members (excludes halogenated alkanes) is 2. The molecule has 4 atom stereocenters. The van der Waals surface area contributed by atoms with Crippen molar-refractivity contribution < 1.29 is 24.2 Å². The molecule has 4 aromatic rings. The number of benzene rings is 3. The number of aliphatic hydroxyl groups excluding tert-OH is 1. The Hall–Kier alpha value is -4.68. The number of aliphatic hydroxyl groups is 1. The van der Waals surface area contributed by atoms with Crippen molar-refractivity contribution in [3.63, 3.8) is 0 Å². The number of aromatic nitrogens is 2. The van der Waals surface area contributed by atoms with Crippen LogP contribution in [0.15, 0.2) is 91.3 Å². The summed E-state index contributed by atoms with van der Waals surface area (Å²) >= 11 is 0. The van der Waals surface area contributed by atoms with Crippen LogP contribution in [0.4, 0.5) is 5.95 Å². The van der Waals surface area contributed by atoms with Crippen LogP contribution in [0.2, 0.25) is 0 Å². The molecule has 11 heteroatoms. The average molecular weight is 721 g/mol. The highest BCUT2D eigenvalue weighted by Gasteiger charge is 2.39. The summed E-state index contributed by atoms with van der Waals surface area (Å²) in [6, 6.07) is 26.5. The van der Waals surface area contributed by atoms with Crippen LogP contribution >= 0.6 is 0 Å². The van der Waals surface area contributed by atoms with E-state index in [0.717, 1.165) is 91.3 Å². The number of rotatable bonds is 15. The maximum absolute atomic E-state index is 12.4. The maximum atomic E-state index is 12.4. The molecule has 0 spiro atoms. The second kappa shape index (κ2) is 18.9. The number of piperazine rings is 1. The quantitative estimate of drug-likeness (QED) is 0.135. The van der Waals surface area contributed by atoms with E-state index in [-0.39, 0.29) is 36.5 Å². The van der Waals surface area contributed by atoms with Gasteiger partial charge in [0.15, 0.2) is 6.29 Å². The molecule has 2 saturated heterocycles. The van der Waals surface area contributed by atoms with Crippen LogP contribution in [-0.2, 0) is 32.2 Å². The van der Waals surface area contributed by atoms with Gasteiger partial charge >= 0.3 is 0 Å². The molecule has 11 nitrogen and oxygen atoms in total. The van der Waals surface area contributed by atoms with Crippen LogP contribution in [0.25, 0.3) is 11.1 Å². The van der Waals surface area contributed by atoms with Crippen molar-refractivity contribution in [1.82, 2.24) is 25.5 Å². The number of nitrogens with one attached hydrogen (secondary N) is 2. The number of hydrogen-bond acceptors (Lipinski definition) is 9. The Morgan fingerprint density at radius 2 is 1.55 bits per heavy atom. The lowest BCUT2D eigenvalue weighted by atomic mass is 9.89. The van der Waals surface area contributed by atoms with Crippen LogP contribution in [0, 0.1) is 5.92 Å². The van der Waals surface area contributed by atoms with Crippen molar-refractivity contribution in [2.24, 2.45) is 5.92 Å². The van der Waals surface area contributed by atoms with Crippen molar-refractivity contribution in [1.29, 1.82) is 0 Å². The SMILES string of the molecule is CC(=O)NCCCCCC(=O)NCc1cccc(-c2ccc([C@@H]3O[C@H](CN4CCN(c5ncccn5)CC4)[C@H](C)[C@H](c4ccc(CO)cc4)O3)cc2)c1. The zero-order valence-corrected chi connectivity index (χ0v) is 30.8. The van der Waals surface area contributed by atoms with Gasteiger partial charge in [0.05, 0.1) is 18.8 Å². The first-order valence-corrected chi connectivity index (χ1v) is 18.8.